The van der Waals surface area contributed by atoms with Gasteiger partial charge in [0.25, 0.3) is 5.69 Å². The molecule has 1 heterocycles. The van der Waals surface area contributed by atoms with Gasteiger partial charge in [0.2, 0.25) is 0 Å². The second-order valence-corrected chi connectivity index (χ2v) is 9.91. The van der Waals surface area contributed by atoms with Crippen LogP contribution in [0.5, 0.6) is 0 Å². The maximum absolute atomic E-state index is 12.1. The zero-order chi connectivity index (χ0) is 25.4. The molecule has 1 spiro atoms. The molecule has 4 nitrogen and oxygen atoms in total. The van der Waals surface area contributed by atoms with Crippen LogP contribution >= 0.6 is 0 Å². The van der Waals surface area contributed by atoms with Crippen LogP contribution in [0.1, 0.15) is 22.3 Å². The highest BCUT2D eigenvalue weighted by Gasteiger charge is 2.52. The number of nitrogens with zero attached hydrogens (tertiary/aromatic N) is 2. The first-order chi connectivity index (χ1) is 18.7. The topological polar surface area (TPSA) is 56.0 Å². The second-order valence-electron chi connectivity index (χ2n) is 9.91. The first-order valence-electron chi connectivity index (χ1n) is 12.7. The van der Waals surface area contributed by atoms with Gasteiger partial charge in [0.05, 0.1) is 21.4 Å². The minimum atomic E-state index is -0.526. The maximum atomic E-state index is 12.1. The van der Waals surface area contributed by atoms with Gasteiger partial charge in [0.1, 0.15) is 0 Å². The minimum absolute atomic E-state index is 0.0798. The molecular weight excluding hydrogens is 468 g/mol. The summed E-state index contributed by atoms with van der Waals surface area (Å²) in [5, 5.41) is 13.1. The van der Waals surface area contributed by atoms with E-state index in [-0.39, 0.29) is 10.6 Å². The van der Waals surface area contributed by atoms with E-state index < -0.39 is 5.41 Å². The van der Waals surface area contributed by atoms with Crippen molar-refractivity contribution in [3.63, 3.8) is 0 Å². The fourth-order valence-corrected chi connectivity index (χ4v) is 6.89. The van der Waals surface area contributed by atoms with E-state index in [1.165, 1.54) is 33.4 Å². The van der Waals surface area contributed by atoms with Crippen LogP contribution in [-0.4, -0.2) is 9.91 Å². The van der Waals surface area contributed by atoms with E-state index in [1.807, 2.05) is 18.2 Å². The number of nitro benzene ring substituents is 1. The smallest absolute Gasteiger partial charge is 0.258 e. The number of fused-ring (bicyclic) bond motifs is 12. The molecule has 38 heavy (non-hydrogen) atoms. The molecule has 0 bridgehead atoms. The molecule has 4 heteroatoms. The number of aromatic nitrogens is 1. The van der Waals surface area contributed by atoms with Crippen LogP contribution in [0.3, 0.4) is 0 Å². The van der Waals surface area contributed by atoms with Crippen molar-refractivity contribution in [1.29, 1.82) is 0 Å². The molecule has 0 saturated heterocycles. The van der Waals surface area contributed by atoms with Gasteiger partial charge in [-0.15, -0.1) is 0 Å². The van der Waals surface area contributed by atoms with Crippen molar-refractivity contribution in [2.45, 2.75) is 5.41 Å². The average molecular weight is 489 g/mol. The van der Waals surface area contributed by atoms with Crippen LogP contribution < -0.4 is 0 Å². The van der Waals surface area contributed by atoms with Gasteiger partial charge in [0.15, 0.2) is 0 Å². The Balaban J connectivity index is 1.61. The van der Waals surface area contributed by atoms with Gasteiger partial charge < -0.3 is 0 Å². The number of hydrogen-bond acceptors (Lipinski definition) is 3. The third-order valence-electron chi connectivity index (χ3n) is 8.24. The summed E-state index contributed by atoms with van der Waals surface area (Å²) in [6, 6.07) is 39.1. The SMILES string of the molecule is O=[N+]([O-])c1ccccc1-c1cc2c(c3cccnc13)-c1ccccc1C21c2ccccc2-c2ccccc21. The summed E-state index contributed by atoms with van der Waals surface area (Å²) in [6.07, 6.45) is 1.77. The Bertz CT molecular complexity index is 1930. The van der Waals surface area contributed by atoms with E-state index in [9.17, 15) is 10.1 Å². The van der Waals surface area contributed by atoms with Crippen molar-refractivity contribution in [2.75, 3.05) is 0 Å². The molecule has 6 aromatic rings. The van der Waals surface area contributed by atoms with Crippen molar-refractivity contribution in [3.8, 4) is 33.4 Å². The van der Waals surface area contributed by atoms with E-state index >= 15 is 0 Å². The largest absolute Gasteiger partial charge is 0.277 e. The molecule has 2 aliphatic carbocycles. The lowest BCUT2D eigenvalue weighted by atomic mass is 9.70. The minimum Gasteiger partial charge on any atom is -0.258 e. The van der Waals surface area contributed by atoms with Gasteiger partial charge in [0, 0.05) is 23.2 Å². The lowest BCUT2D eigenvalue weighted by molar-refractivity contribution is -0.384. The molecule has 8 rings (SSSR count). The predicted molar refractivity (Wildman–Crippen MR) is 150 cm³/mol. The van der Waals surface area contributed by atoms with Crippen LogP contribution in [0.15, 0.2) is 121 Å². The van der Waals surface area contributed by atoms with Gasteiger partial charge in [-0.05, 0) is 62.7 Å². The number of hydrogen-bond donors (Lipinski definition) is 0. The Morgan fingerprint density at radius 1 is 0.579 bits per heavy atom. The molecule has 178 valence electrons. The third kappa shape index (κ3) is 2.47. The van der Waals surface area contributed by atoms with E-state index in [4.69, 9.17) is 4.98 Å². The number of pyridine rings is 1. The van der Waals surface area contributed by atoms with Crippen molar-refractivity contribution in [3.05, 3.63) is 154 Å². The highest BCUT2D eigenvalue weighted by atomic mass is 16.6. The zero-order valence-corrected chi connectivity index (χ0v) is 20.3. The number of para-hydroxylation sites is 1. The molecule has 0 atom stereocenters. The summed E-state index contributed by atoms with van der Waals surface area (Å²) < 4.78 is 0. The Morgan fingerprint density at radius 3 is 1.79 bits per heavy atom. The summed E-state index contributed by atoms with van der Waals surface area (Å²) in [6.45, 7) is 0. The summed E-state index contributed by atoms with van der Waals surface area (Å²) in [5.41, 5.74) is 11.3. The Kier molecular flexibility index (Phi) is 4.13. The molecule has 0 radical (unpaired) electrons. The van der Waals surface area contributed by atoms with E-state index in [0.29, 0.717) is 5.56 Å². The average Bonchev–Trinajstić information content (AvgIpc) is 3.44. The molecule has 0 fully saturated rings. The predicted octanol–water partition coefficient (Wildman–Crippen LogP) is 8.15. The quantitative estimate of drug-likeness (QED) is 0.182. The van der Waals surface area contributed by atoms with E-state index in [2.05, 4.69) is 84.9 Å². The number of nitro groups is 1. The third-order valence-corrected chi connectivity index (χ3v) is 8.24. The highest BCUT2D eigenvalue weighted by Crippen LogP contribution is 2.64. The Morgan fingerprint density at radius 2 is 1.13 bits per heavy atom. The van der Waals surface area contributed by atoms with Crippen LogP contribution in [0.2, 0.25) is 0 Å². The lowest BCUT2D eigenvalue weighted by Gasteiger charge is -2.31. The van der Waals surface area contributed by atoms with Crippen molar-refractivity contribution in [1.82, 2.24) is 4.98 Å². The number of benzene rings is 5. The fraction of sp³-hybridized carbons (Fsp3) is 0.0294. The molecular formula is C34H20N2O2. The molecule has 1 aromatic heterocycles. The van der Waals surface area contributed by atoms with Gasteiger partial charge in [-0.3, -0.25) is 15.1 Å². The standard InChI is InChI=1S/C34H20N2O2/c37-36(38)31-18-8-4-12-23(31)26-20-30-32(25-14-9-19-35-33(25)26)24-13-3-7-17-29(24)34(30)27-15-5-1-10-21(27)22-11-2-6-16-28(22)34/h1-20H. The van der Waals surface area contributed by atoms with Gasteiger partial charge in [-0.2, -0.15) is 0 Å². The molecule has 0 saturated carbocycles. The van der Waals surface area contributed by atoms with Crippen LogP contribution in [0.25, 0.3) is 44.3 Å². The summed E-state index contributed by atoms with van der Waals surface area (Å²) in [5.74, 6) is 0. The molecule has 5 aromatic carbocycles. The van der Waals surface area contributed by atoms with Crippen LogP contribution in [0.4, 0.5) is 5.69 Å². The fourth-order valence-electron chi connectivity index (χ4n) is 6.89. The molecule has 2 aliphatic rings. The van der Waals surface area contributed by atoms with Gasteiger partial charge in [-0.1, -0.05) is 91.0 Å². The van der Waals surface area contributed by atoms with Crippen LogP contribution in [-0.2, 0) is 5.41 Å². The highest BCUT2D eigenvalue weighted by molar-refractivity contribution is 6.10. The van der Waals surface area contributed by atoms with Gasteiger partial charge in [-0.25, -0.2) is 0 Å². The molecule has 0 unspecified atom stereocenters. The Labute approximate surface area is 219 Å². The first-order valence-corrected chi connectivity index (χ1v) is 12.7. The van der Waals surface area contributed by atoms with Crippen molar-refractivity contribution in [2.24, 2.45) is 0 Å². The zero-order valence-electron chi connectivity index (χ0n) is 20.3. The number of rotatable bonds is 2. The second kappa shape index (κ2) is 7.46. The first kappa shape index (κ1) is 21.0. The maximum Gasteiger partial charge on any atom is 0.277 e. The van der Waals surface area contributed by atoms with E-state index in [0.717, 1.165) is 27.6 Å². The summed E-state index contributed by atoms with van der Waals surface area (Å²) >= 11 is 0. The van der Waals surface area contributed by atoms with Crippen molar-refractivity contribution < 1.29 is 4.92 Å². The molecule has 0 aliphatic heterocycles. The summed E-state index contributed by atoms with van der Waals surface area (Å²) in [7, 11) is 0. The monoisotopic (exact) mass is 488 g/mol. The van der Waals surface area contributed by atoms with Gasteiger partial charge >= 0.3 is 0 Å². The molecule has 0 amide bonds. The summed E-state index contributed by atoms with van der Waals surface area (Å²) in [4.78, 5) is 16.6. The lowest BCUT2D eigenvalue weighted by Crippen LogP contribution is -2.25. The Hall–Kier alpha value is -5.09. The van der Waals surface area contributed by atoms with Crippen molar-refractivity contribution >= 4 is 16.6 Å². The molecule has 0 N–H and O–H groups in total. The van der Waals surface area contributed by atoms with E-state index in [1.54, 1.807) is 18.3 Å². The van der Waals surface area contributed by atoms with Crippen LogP contribution in [0, 0.1) is 10.1 Å². The normalized spacial score (nSPS) is 13.7.